The Morgan fingerprint density at radius 3 is 3.00 bits per heavy atom. The summed E-state index contributed by atoms with van der Waals surface area (Å²) in [7, 11) is 0. The van der Waals surface area contributed by atoms with Crippen LogP contribution < -0.4 is 10.6 Å². The van der Waals surface area contributed by atoms with E-state index in [0.717, 1.165) is 25.9 Å². The molecule has 2 N–H and O–H groups in total. The van der Waals surface area contributed by atoms with Crippen molar-refractivity contribution in [3.05, 3.63) is 0 Å². The van der Waals surface area contributed by atoms with E-state index >= 15 is 0 Å². The van der Waals surface area contributed by atoms with Crippen molar-refractivity contribution >= 4 is 5.91 Å². The molecule has 0 radical (unpaired) electrons. The van der Waals surface area contributed by atoms with E-state index in [4.69, 9.17) is 0 Å². The highest BCUT2D eigenvalue weighted by atomic mass is 16.2. The molecule has 1 heterocycles. The van der Waals surface area contributed by atoms with Crippen molar-refractivity contribution in [2.24, 2.45) is 5.92 Å². The normalized spacial score (nSPS) is 28.5. The summed E-state index contributed by atoms with van der Waals surface area (Å²) in [6, 6.07) is 0.0419. The first kappa shape index (κ1) is 10.5. The van der Waals surface area contributed by atoms with Gasteiger partial charge in [-0.05, 0) is 31.7 Å². The molecule has 2 atom stereocenters. The molecule has 0 aromatic heterocycles. The smallest absolute Gasteiger partial charge is 0.237 e. The summed E-state index contributed by atoms with van der Waals surface area (Å²) in [5.74, 6) is 0.652. The van der Waals surface area contributed by atoms with E-state index in [9.17, 15) is 4.79 Å². The molecular formula is C10H20N2O. The van der Waals surface area contributed by atoms with E-state index in [1.807, 2.05) is 0 Å². The van der Waals surface area contributed by atoms with Crippen LogP contribution in [0, 0.1) is 5.92 Å². The van der Waals surface area contributed by atoms with Gasteiger partial charge in [-0.2, -0.15) is 0 Å². The van der Waals surface area contributed by atoms with Crippen LogP contribution in [0.3, 0.4) is 0 Å². The van der Waals surface area contributed by atoms with Gasteiger partial charge in [0.1, 0.15) is 0 Å². The zero-order valence-electron chi connectivity index (χ0n) is 8.60. The lowest BCUT2D eigenvalue weighted by Crippen LogP contribution is -2.50. The molecule has 76 valence electrons. The SMILES string of the molecule is CCCNC(=O)C1NCCCC1C. The van der Waals surface area contributed by atoms with Gasteiger partial charge in [-0.15, -0.1) is 0 Å². The Balaban J connectivity index is 2.35. The van der Waals surface area contributed by atoms with Gasteiger partial charge in [0, 0.05) is 6.54 Å². The number of carbonyl (C=O) groups is 1. The molecule has 1 amide bonds. The van der Waals surface area contributed by atoms with Crippen molar-refractivity contribution in [1.82, 2.24) is 10.6 Å². The second kappa shape index (κ2) is 5.22. The van der Waals surface area contributed by atoms with Gasteiger partial charge < -0.3 is 10.6 Å². The quantitative estimate of drug-likeness (QED) is 0.684. The molecule has 1 fully saturated rings. The van der Waals surface area contributed by atoms with Crippen LogP contribution in [0.15, 0.2) is 0 Å². The summed E-state index contributed by atoms with van der Waals surface area (Å²) in [5, 5.41) is 6.20. The van der Waals surface area contributed by atoms with Gasteiger partial charge in [-0.25, -0.2) is 0 Å². The fourth-order valence-electron chi connectivity index (χ4n) is 1.76. The maximum Gasteiger partial charge on any atom is 0.237 e. The number of rotatable bonds is 3. The summed E-state index contributed by atoms with van der Waals surface area (Å²) >= 11 is 0. The van der Waals surface area contributed by atoms with E-state index in [1.165, 1.54) is 6.42 Å². The second-order valence-corrected chi connectivity index (χ2v) is 3.84. The number of hydrogen-bond donors (Lipinski definition) is 2. The van der Waals surface area contributed by atoms with Crippen LogP contribution in [0.25, 0.3) is 0 Å². The first-order valence-corrected chi connectivity index (χ1v) is 5.26. The topological polar surface area (TPSA) is 41.1 Å². The molecule has 0 aliphatic carbocycles. The van der Waals surface area contributed by atoms with Gasteiger partial charge in [0.05, 0.1) is 6.04 Å². The van der Waals surface area contributed by atoms with E-state index in [1.54, 1.807) is 0 Å². The average Bonchev–Trinajstić information content (AvgIpc) is 2.15. The van der Waals surface area contributed by atoms with E-state index in [2.05, 4.69) is 24.5 Å². The first-order chi connectivity index (χ1) is 6.25. The molecule has 0 aromatic rings. The minimum atomic E-state index is 0.0419. The Bertz CT molecular complexity index is 170. The Hall–Kier alpha value is -0.570. The largest absolute Gasteiger partial charge is 0.355 e. The van der Waals surface area contributed by atoms with E-state index < -0.39 is 0 Å². The first-order valence-electron chi connectivity index (χ1n) is 5.26. The Labute approximate surface area is 80.3 Å². The number of hydrogen-bond acceptors (Lipinski definition) is 2. The zero-order valence-corrected chi connectivity index (χ0v) is 8.60. The van der Waals surface area contributed by atoms with Crippen molar-refractivity contribution in [2.75, 3.05) is 13.1 Å². The van der Waals surface area contributed by atoms with Gasteiger partial charge in [-0.1, -0.05) is 13.8 Å². The van der Waals surface area contributed by atoms with Crippen LogP contribution in [0.1, 0.15) is 33.1 Å². The van der Waals surface area contributed by atoms with Crippen LogP contribution in [-0.4, -0.2) is 25.0 Å². The van der Waals surface area contributed by atoms with Crippen molar-refractivity contribution in [3.8, 4) is 0 Å². The number of carbonyl (C=O) groups excluding carboxylic acids is 1. The molecule has 1 saturated heterocycles. The highest BCUT2D eigenvalue weighted by molar-refractivity contribution is 5.82. The van der Waals surface area contributed by atoms with Crippen molar-refractivity contribution in [3.63, 3.8) is 0 Å². The third-order valence-corrected chi connectivity index (χ3v) is 2.60. The van der Waals surface area contributed by atoms with Gasteiger partial charge in [0.25, 0.3) is 0 Å². The Kier molecular flexibility index (Phi) is 4.22. The molecule has 0 saturated carbocycles. The Morgan fingerprint density at radius 2 is 2.38 bits per heavy atom. The van der Waals surface area contributed by atoms with Crippen LogP contribution in [0.4, 0.5) is 0 Å². The molecule has 1 aliphatic heterocycles. The molecule has 0 bridgehead atoms. The second-order valence-electron chi connectivity index (χ2n) is 3.84. The number of amides is 1. The maximum atomic E-state index is 11.6. The summed E-state index contributed by atoms with van der Waals surface area (Å²) < 4.78 is 0. The standard InChI is InChI=1S/C10H20N2O/c1-3-6-12-10(13)9-8(2)5-4-7-11-9/h8-9,11H,3-7H2,1-2H3,(H,12,13). The third-order valence-electron chi connectivity index (χ3n) is 2.60. The van der Waals surface area contributed by atoms with Crippen molar-refractivity contribution < 1.29 is 4.79 Å². The summed E-state index contributed by atoms with van der Waals surface area (Å²) in [5.41, 5.74) is 0. The summed E-state index contributed by atoms with van der Waals surface area (Å²) in [4.78, 5) is 11.6. The molecule has 0 spiro atoms. The van der Waals surface area contributed by atoms with Crippen LogP contribution in [0.2, 0.25) is 0 Å². The minimum Gasteiger partial charge on any atom is -0.355 e. The van der Waals surface area contributed by atoms with Gasteiger partial charge in [0.2, 0.25) is 5.91 Å². The summed E-state index contributed by atoms with van der Waals surface area (Å²) in [6.45, 7) is 5.98. The highest BCUT2D eigenvalue weighted by Crippen LogP contribution is 2.15. The number of nitrogens with one attached hydrogen (secondary N) is 2. The van der Waals surface area contributed by atoms with Crippen molar-refractivity contribution in [1.29, 1.82) is 0 Å². The predicted octanol–water partition coefficient (Wildman–Crippen LogP) is 0.901. The molecular weight excluding hydrogens is 164 g/mol. The van der Waals surface area contributed by atoms with Gasteiger partial charge in [-0.3, -0.25) is 4.79 Å². The fraction of sp³-hybridized carbons (Fsp3) is 0.900. The lowest BCUT2D eigenvalue weighted by molar-refractivity contribution is -0.124. The molecule has 2 unspecified atom stereocenters. The monoisotopic (exact) mass is 184 g/mol. The molecule has 3 heteroatoms. The van der Waals surface area contributed by atoms with E-state index in [-0.39, 0.29) is 11.9 Å². The summed E-state index contributed by atoms with van der Waals surface area (Å²) in [6.07, 6.45) is 3.36. The fourth-order valence-corrected chi connectivity index (χ4v) is 1.76. The average molecular weight is 184 g/mol. The molecule has 13 heavy (non-hydrogen) atoms. The molecule has 1 aliphatic rings. The van der Waals surface area contributed by atoms with Gasteiger partial charge >= 0.3 is 0 Å². The molecule has 3 nitrogen and oxygen atoms in total. The minimum absolute atomic E-state index is 0.0419. The lowest BCUT2D eigenvalue weighted by atomic mass is 9.92. The van der Waals surface area contributed by atoms with Crippen LogP contribution in [0.5, 0.6) is 0 Å². The van der Waals surface area contributed by atoms with E-state index in [0.29, 0.717) is 5.92 Å². The van der Waals surface area contributed by atoms with Crippen LogP contribution >= 0.6 is 0 Å². The lowest BCUT2D eigenvalue weighted by Gasteiger charge is -2.28. The third kappa shape index (κ3) is 2.99. The number of piperidine rings is 1. The molecule has 1 rings (SSSR count). The zero-order chi connectivity index (χ0) is 9.68. The van der Waals surface area contributed by atoms with Crippen molar-refractivity contribution in [2.45, 2.75) is 39.2 Å². The predicted molar refractivity (Wildman–Crippen MR) is 53.5 cm³/mol. The van der Waals surface area contributed by atoms with Gasteiger partial charge in [0.15, 0.2) is 0 Å². The molecule has 0 aromatic carbocycles. The Morgan fingerprint density at radius 1 is 1.62 bits per heavy atom. The maximum absolute atomic E-state index is 11.6. The highest BCUT2D eigenvalue weighted by Gasteiger charge is 2.26. The van der Waals surface area contributed by atoms with Crippen LogP contribution in [-0.2, 0) is 4.79 Å².